The highest BCUT2D eigenvalue weighted by atomic mass is 35.5. The van der Waals surface area contributed by atoms with Crippen molar-refractivity contribution in [2.24, 2.45) is 0 Å². The third-order valence-electron chi connectivity index (χ3n) is 3.16. The number of nitrogens with zero attached hydrogens (tertiary/aromatic N) is 2. The molecule has 0 aliphatic carbocycles. The van der Waals surface area contributed by atoms with Gasteiger partial charge in [0.05, 0.1) is 5.56 Å². The number of rotatable bonds is 4. The Morgan fingerprint density at radius 2 is 1.84 bits per heavy atom. The van der Waals surface area contributed by atoms with Crippen LogP contribution in [0.25, 0.3) is 6.08 Å². The number of hydrogen-bond acceptors (Lipinski definition) is 6. The van der Waals surface area contributed by atoms with E-state index in [0.717, 1.165) is 10.8 Å². The van der Waals surface area contributed by atoms with E-state index in [0.29, 0.717) is 5.02 Å². The van der Waals surface area contributed by atoms with Crippen molar-refractivity contribution in [3.63, 3.8) is 0 Å². The highest BCUT2D eigenvalue weighted by molar-refractivity contribution is 6.30. The number of halogens is 1. The molecule has 0 radical (unpaired) electrons. The van der Waals surface area contributed by atoms with Crippen molar-refractivity contribution < 1.29 is 19.5 Å². The molecule has 1 aromatic carbocycles. The van der Waals surface area contributed by atoms with E-state index in [1.807, 2.05) is 0 Å². The summed E-state index contributed by atoms with van der Waals surface area (Å²) in [4.78, 5) is 34.9. The van der Waals surface area contributed by atoms with Gasteiger partial charge in [0.15, 0.2) is 5.82 Å². The van der Waals surface area contributed by atoms with Gasteiger partial charge in [0.25, 0.3) is 5.91 Å². The van der Waals surface area contributed by atoms with Crippen LogP contribution in [0.4, 0.5) is 11.6 Å². The molecule has 0 unspecified atom stereocenters. The maximum absolute atomic E-state index is 12.1. The van der Waals surface area contributed by atoms with Gasteiger partial charge in [-0.15, -0.1) is 5.10 Å². The monoisotopic (exact) mass is 363 g/mol. The molecular weight excluding hydrogens is 350 g/mol. The molecule has 6 N–H and O–H groups in total. The summed E-state index contributed by atoms with van der Waals surface area (Å²) in [5.41, 5.74) is 11.1. The van der Waals surface area contributed by atoms with Crippen LogP contribution in [-0.4, -0.2) is 32.7 Å². The van der Waals surface area contributed by atoms with Gasteiger partial charge in [-0.2, -0.15) is 4.68 Å². The highest BCUT2D eigenvalue weighted by Gasteiger charge is 2.19. The van der Waals surface area contributed by atoms with E-state index in [-0.39, 0.29) is 22.8 Å². The van der Waals surface area contributed by atoms with Crippen molar-refractivity contribution in [1.82, 2.24) is 15.1 Å². The van der Waals surface area contributed by atoms with Gasteiger partial charge in [0.1, 0.15) is 11.5 Å². The maximum Gasteiger partial charge on any atom is 0.352 e. The van der Waals surface area contributed by atoms with E-state index >= 15 is 0 Å². The van der Waals surface area contributed by atoms with Crippen LogP contribution < -0.4 is 16.8 Å². The van der Waals surface area contributed by atoms with Crippen molar-refractivity contribution in [2.75, 3.05) is 11.5 Å². The second-order valence-electron chi connectivity index (χ2n) is 4.94. The van der Waals surface area contributed by atoms with E-state index in [4.69, 9.17) is 23.1 Å². The van der Waals surface area contributed by atoms with Gasteiger partial charge >= 0.3 is 5.97 Å². The minimum atomic E-state index is -1.42. The molecule has 1 aromatic heterocycles. The van der Waals surface area contributed by atoms with Crippen LogP contribution in [-0.2, 0) is 4.79 Å². The first-order valence-electron chi connectivity index (χ1n) is 6.87. The SMILES string of the molecule is CC(=O)n1nc(N)c(/C=C(/NC(=O)c2ccc(Cl)cc2)C(=O)O)c1N. The Bertz CT molecular complexity index is 886. The molecule has 0 fully saturated rings. The molecule has 0 saturated carbocycles. The number of carboxylic acid groups (broad SMARTS) is 1. The van der Waals surface area contributed by atoms with Gasteiger partial charge in [-0.3, -0.25) is 9.59 Å². The summed E-state index contributed by atoms with van der Waals surface area (Å²) in [6.07, 6.45) is 1.03. The average molecular weight is 364 g/mol. The lowest BCUT2D eigenvalue weighted by atomic mass is 10.2. The van der Waals surface area contributed by atoms with Crippen LogP contribution in [0.1, 0.15) is 27.6 Å². The number of benzene rings is 1. The van der Waals surface area contributed by atoms with Crippen molar-refractivity contribution in [2.45, 2.75) is 6.92 Å². The van der Waals surface area contributed by atoms with Crippen LogP contribution in [0.5, 0.6) is 0 Å². The smallest absolute Gasteiger partial charge is 0.352 e. The number of carboxylic acids is 1. The quantitative estimate of drug-likeness (QED) is 0.595. The second kappa shape index (κ2) is 7.05. The zero-order valence-corrected chi connectivity index (χ0v) is 13.7. The number of hydrogen-bond donors (Lipinski definition) is 4. The first kappa shape index (κ1) is 18.0. The molecule has 0 bridgehead atoms. The van der Waals surface area contributed by atoms with Gasteiger partial charge in [0.2, 0.25) is 5.91 Å². The number of amides is 1. The fraction of sp³-hybridized carbons (Fsp3) is 0.0667. The standard InChI is InChI=1S/C15H14ClN5O4/c1-7(22)21-13(18)10(12(17)20-21)6-11(15(24)25)19-14(23)8-2-4-9(16)5-3-8/h2-6H,18H2,1H3,(H2,17,20)(H,19,23)(H,24,25)/b11-6+. The zero-order chi connectivity index (χ0) is 18.7. The maximum atomic E-state index is 12.1. The summed E-state index contributed by atoms with van der Waals surface area (Å²) in [5.74, 6) is -2.86. The fourth-order valence-electron chi connectivity index (χ4n) is 1.94. The average Bonchev–Trinajstić information content (AvgIpc) is 2.82. The summed E-state index contributed by atoms with van der Waals surface area (Å²) in [6.45, 7) is 1.22. The van der Waals surface area contributed by atoms with E-state index < -0.39 is 23.5 Å². The van der Waals surface area contributed by atoms with Gasteiger partial charge in [-0.1, -0.05) is 11.6 Å². The van der Waals surface area contributed by atoms with E-state index in [1.165, 1.54) is 31.2 Å². The molecular formula is C15H14ClN5O4. The summed E-state index contributed by atoms with van der Waals surface area (Å²) >= 11 is 5.74. The van der Waals surface area contributed by atoms with Gasteiger partial charge in [-0.05, 0) is 30.3 Å². The molecule has 1 amide bonds. The fourth-order valence-corrected chi connectivity index (χ4v) is 2.07. The number of nitrogens with two attached hydrogens (primary N) is 2. The third kappa shape index (κ3) is 3.96. The van der Waals surface area contributed by atoms with E-state index in [1.54, 1.807) is 0 Å². The first-order valence-corrected chi connectivity index (χ1v) is 7.25. The van der Waals surface area contributed by atoms with Crippen molar-refractivity contribution in [3.8, 4) is 0 Å². The Hall–Kier alpha value is -3.33. The Labute approximate surface area is 146 Å². The molecule has 9 nitrogen and oxygen atoms in total. The molecule has 2 rings (SSSR count). The Morgan fingerprint density at radius 1 is 1.24 bits per heavy atom. The number of nitrogens with one attached hydrogen (secondary N) is 1. The predicted molar refractivity (Wildman–Crippen MR) is 91.9 cm³/mol. The minimum Gasteiger partial charge on any atom is -0.477 e. The number of aliphatic carboxylic acids is 1. The summed E-state index contributed by atoms with van der Waals surface area (Å²) in [5, 5.41) is 15.7. The summed E-state index contributed by atoms with van der Waals surface area (Å²) in [7, 11) is 0. The number of aromatic nitrogens is 2. The molecule has 0 spiro atoms. The molecule has 1 heterocycles. The normalized spacial score (nSPS) is 11.2. The summed E-state index contributed by atoms with van der Waals surface area (Å²) < 4.78 is 0.835. The van der Waals surface area contributed by atoms with Gasteiger partial charge in [0, 0.05) is 17.5 Å². The molecule has 25 heavy (non-hydrogen) atoms. The third-order valence-corrected chi connectivity index (χ3v) is 3.41. The Morgan fingerprint density at radius 3 is 2.32 bits per heavy atom. The van der Waals surface area contributed by atoms with Gasteiger partial charge < -0.3 is 21.9 Å². The van der Waals surface area contributed by atoms with Crippen LogP contribution in [0.3, 0.4) is 0 Å². The number of carbonyl (C=O) groups excluding carboxylic acids is 2. The van der Waals surface area contributed by atoms with Crippen LogP contribution in [0.2, 0.25) is 5.02 Å². The molecule has 2 aromatic rings. The number of anilines is 2. The van der Waals surface area contributed by atoms with Crippen molar-refractivity contribution >= 4 is 47.1 Å². The lowest BCUT2D eigenvalue weighted by molar-refractivity contribution is -0.132. The Kier molecular flexibility index (Phi) is 5.08. The molecule has 130 valence electrons. The molecule has 0 saturated heterocycles. The van der Waals surface area contributed by atoms with Gasteiger partial charge in [-0.25, -0.2) is 4.79 Å². The van der Waals surface area contributed by atoms with E-state index in [2.05, 4.69) is 10.4 Å². The molecule has 0 atom stereocenters. The molecule has 0 aliphatic rings. The van der Waals surface area contributed by atoms with E-state index in [9.17, 15) is 19.5 Å². The molecule has 10 heteroatoms. The topological polar surface area (TPSA) is 153 Å². The zero-order valence-electron chi connectivity index (χ0n) is 13.0. The minimum absolute atomic E-state index is 0.0176. The highest BCUT2D eigenvalue weighted by Crippen LogP contribution is 2.22. The molecule has 0 aliphatic heterocycles. The van der Waals surface area contributed by atoms with Crippen LogP contribution >= 0.6 is 11.6 Å². The Balaban J connectivity index is 2.37. The summed E-state index contributed by atoms with van der Waals surface area (Å²) in [6, 6.07) is 5.86. The first-order chi connectivity index (χ1) is 11.7. The number of carbonyl (C=O) groups is 3. The second-order valence-corrected chi connectivity index (χ2v) is 5.38. The largest absolute Gasteiger partial charge is 0.477 e. The predicted octanol–water partition coefficient (Wildman–Crippen LogP) is 1.22. The lowest BCUT2D eigenvalue weighted by Crippen LogP contribution is -2.27. The van der Waals surface area contributed by atoms with Crippen molar-refractivity contribution in [3.05, 3.63) is 46.1 Å². The van der Waals surface area contributed by atoms with Crippen LogP contribution in [0.15, 0.2) is 30.0 Å². The number of nitrogen functional groups attached to an aromatic ring is 2. The lowest BCUT2D eigenvalue weighted by Gasteiger charge is -2.06. The van der Waals surface area contributed by atoms with Crippen molar-refractivity contribution in [1.29, 1.82) is 0 Å². The van der Waals surface area contributed by atoms with Crippen LogP contribution in [0, 0.1) is 0 Å².